The van der Waals surface area contributed by atoms with Gasteiger partial charge in [0.1, 0.15) is 12.4 Å². The molecule has 0 amide bonds. The van der Waals surface area contributed by atoms with Gasteiger partial charge >= 0.3 is 0 Å². The molecule has 0 bridgehead atoms. The highest BCUT2D eigenvalue weighted by atomic mass is 19.1. The van der Waals surface area contributed by atoms with Gasteiger partial charge in [0.15, 0.2) is 5.78 Å². The van der Waals surface area contributed by atoms with Crippen LogP contribution in [0.1, 0.15) is 23.2 Å². The van der Waals surface area contributed by atoms with Crippen LogP contribution in [0.3, 0.4) is 0 Å². The topological polar surface area (TPSA) is 35.5 Å². The number of carbonyl (C=O) groups is 1. The summed E-state index contributed by atoms with van der Waals surface area (Å²) in [6, 6.07) is 5.68. The second-order valence-corrected chi connectivity index (χ2v) is 4.50. The van der Waals surface area contributed by atoms with Crippen LogP contribution in [0.4, 0.5) is 4.39 Å². The van der Waals surface area contributed by atoms with E-state index in [1.807, 2.05) is 0 Å². The molecule has 0 spiro atoms. The van der Waals surface area contributed by atoms with Crippen molar-refractivity contribution in [3.63, 3.8) is 0 Å². The summed E-state index contributed by atoms with van der Waals surface area (Å²) in [5.74, 6) is -0.106. The molecule has 1 fully saturated rings. The Hall–Kier alpha value is -1.26. The number of ether oxygens (including phenoxy) is 2. The fourth-order valence-electron chi connectivity index (χ4n) is 1.98. The molecule has 1 heterocycles. The molecule has 0 saturated carbocycles. The number of ketones is 1. The summed E-state index contributed by atoms with van der Waals surface area (Å²) in [6.45, 7) is 2.13. The summed E-state index contributed by atoms with van der Waals surface area (Å²) in [5.41, 5.74) is 0.363. The molecule has 4 heteroatoms. The van der Waals surface area contributed by atoms with Crippen LogP contribution in [-0.4, -0.2) is 32.2 Å². The van der Waals surface area contributed by atoms with Crippen LogP contribution in [0.5, 0.6) is 0 Å². The molecule has 0 aromatic heterocycles. The van der Waals surface area contributed by atoms with Gasteiger partial charge in [0.2, 0.25) is 0 Å². The lowest BCUT2D eigenvalue weighted by Gasteiger charge is -2.21. The van der Waals surface area contributed by atoms with Crippen molar-refractivity contribution >= 4 is 5.78 Å². The zero-order chi connectivity index (χ0) is 12.8. The lowest BCUT2D eigenvalue weighted by molar-refractivity contribution is 0.0216. The SMILES string of the molecule is O=C(COCC1CCOCC1)c1cccc(F)c1. The van der Waals surface area contributed by atoms with Gasteiger partial charge in [-0.15, -0.1) is 0 Å². The number of hydrogen-bond acceptors (Lipinski definition) is 3. The van der Waals surface area contributed by atoms with E-state index < -0.39 is 5.82 Å². The monoisotopic (exact) mass is 252 g/mol. The predicted octanol–water partition coefficient (Wildman–Crippen LogP) is 2.45. The lowest BCUT2D eigenvalue weighted by Crippen LogP contribution is -2.21. The second kappa shape index (κ2) is 6.61. The van der Waals surface area contributed by atoms with Crippen LogP contribution in [0.2, 0.25) is 0 Å². The zero-order valence-electron chi connectivity index (χ0n) is 10.2. The molecule has 18 heavy (non-hydrogen) atoms. The molecule has 1 aliphatic rings. The first-order valence-corrected chi connectivity index (χ1v) is 6.20. The Morgan fingerprint density at radius 2 is 2.17 bits per heavy atom. The Kier molecular flexibility index (Phi) is 4.84. The van der Waals surface area contributed by atoms with Crippen molar-refractivity contribution in [2.24, 2.45) is 5.92 Å². The Morgan fingerprint density at radius 3 is 2.89 bits per heavy atom. The van der Waals surface area contributed by atoms with E-state index in [1.165, 1.54) is 18.2 Å². The highest BCUT2D eigenvalue weighted by Crippen LogP contribution is 2.15. The quantitative estimate of drug-likeness (QED) is 0.755. The van der Waals surface area contributed by atoms with E-state index in [0.29, 0.717) is 18.1 Å². The average Bonchev–Trinajstić information content (AvgIpc) is 2.40. The van der Waals surface area contributed by atoms with Gasteiger partial charge < -0.3 is 9.47 Å². The average molecular weight is 252 g/mol. The number of hydrogen-bond donors (Lipinski definition) is 0. The molecule has 1 aliphatic heterocycles. The molecule has 0 aliphatic carbocycles. The molecule has 0 unspecified atom stereocenters. The molecule has 1 aromatic rings. The number of carbonyl (C=O) groups excluding carboxylic acids is 1. The van der Waals surface area contributed by atoms with Crippen molar-refractivity contribution in [2.45, 2.75) is 12.8 Å². The maximum atomic E-state index is 12.9. The van der Waals surface area contributed by atoms with Crippen LogP contribution >= 0.6 is 0 Å². The van der Waals surface area contributed by atoms with Gasteiger partial charge in [-0.05, 0) is 30.9 Å². The van der Waals surface area contributed by atoms with Gasteiger partial charge in [-0.25, -0.2) is 4.39 Å². The molecule has 0 atom stereocenters. The summed E-state index contributed by atoms with van der Waals surface area (Å²) in [7, 11) is 0. The van der Waals surface area contributed by atoms with Crippen LogP contribution in [0.25, 0.3) is 0 Å². The largest absolute Gasteiger partial charge is 0.381 e. The lowest BCUT2D eigenvalue weighted by atomic mass is 10.0. The first kappa shape index (κ1) is 13.2. The van der Waals surface area contributed by atoms with Crippen molar-refractivity contribution in [1.29, 1.82) is 0 Å². The molecule has 0 radical (unpaired) electrons. The van der Waals surface area contributed by atoms with Gasteiger partial charge in [0.25, 0.3) is 0 Å². The van der Waals surface area contributed by atoms with E-state index in [-0.39, 0.29) is 12.4 Å². The predicted molar refractivity (Wildman–Crippen MR) is 65.1 cm³/mol. The van der Waals surface area contributed by atoms with Gasteiger partial charge in [0, 0.05) is 18.8 Å². The van der Waals surface area contributed by atoms with Crippen molar-refractivity contribution in [1.82, 2.24) is 0 Å². The van der Waals surface area contributed by atoms with Crippen molar-refractivity contribution < 1.29 is 18.7 Å². The Morgan fingerprint density at radius 1 is 1.39 bits per heavy atom. The van der Waals surface area contributed by atoms with Crippen LogP contribution in [0.15, 0.2) is 24.3 Å². The van der Waals surface area contributed by atoms with Crippen molar-refractivity contribution in [3.05, 3.63) is 35.6 Å². The Balaban J connectivity index is 1.74. The standard InChI is InChI=1S/C14H17FO3/c15-13-3-1-2-12(8-13)14(16)10-18-9-11-4-6-17-7-5-11/h1-3,8,11H,4-7,9-10H2. The minimum atomic E-state index is -0.398. The third kappa shape index (κ3) is 3.89. The summed E-state index contributed by atoms with van der Waals surface area (Å²) in [6.07, 6.45) is 1.96. The molecular formula is C14H17FO3. The summed E-state index contributed by atoms with van der Waals surface area (Å²) >= 11 is 0. The maximum Gasteiger partial charge on any atom is 0.188 e. The zero-order valence-corrected chi connectivity index (χ0v) is 10.2. The first-order chi connectivity index (χ1) is 8.75. The number of halogens is 1. The molecule has 98 valence electrons. The highest BCUT2D eigenvalue weighted by Gasteiger charge is 2.15. The van der Waals surface area contributed by atoms with Gasteiger partial charge in [0.05, 0.1) is 6.61 Å². The molecule has 1 aromatic carbocycles. The summed E-state index contributed by atoms with van der Waals surface area (Å²) in [5, 5.41) is 0. The fourth-order valence-corrected chi connectivity index (χ4v) is 1.98. The van der Waals surface area contributed by atoms with Crippen LogP contribution in [0, 0.1) is 11.7 Å². The maximum absolute atomic E-state index is 12.9. The Bertz CT molecular complexity index is 400. The summed E-state index contributed by atoms with van der Waals surface area (Å²) < 4.78 is 23.6. The third-order valence-electron chi connectivity index (χ3n) is 3.07. The third-order valence-corrected chi connectivity index (χ3v) is 3.07. The molecular weight excluding hydrogens is 235 g/mol. The summed E-state index contributed by atoms with van der Waals surface area (Å²) in [4.78, 5) is 11.7. The fraction of sp³-hybridized carbons (Fsp3) is 0.500. The molecule has 2 rings (SSSR count). The minimum Gasteiger partial charge on any atom is -0.381 e. The van der Waals surface area contributed by atoms with Gasteiger partial charge in [-0.1, -0.05) is 12.1 Å². The van der Waals surface area contributed by atoms with E-state index in [4.69, 9.17) is 9.47 Å². The molecule has 0 N–H and O–H groups in total. The van der Waals surface area contributed by atoms with Crippen molar-refractivity contribution in [3.8, 4) is 0 Å². The van der Waals surface area contributed by atoms with E-state index in [2.05, 4.69) is 0 Å². The van der Waals surface area contributed by atoms with Crippen LogP contribution in [-0.2, 0) is 9.47 Å². The minimum absolute atomic E-state index is 0.0147. The first-order valence-electron chi connectivity index (χ1n) is 6.20. The van der Waals surface area contributed by atoms with E-state index in [9.17, 15) is 9.18 Å². The Labute approximate surface area is 106 Å². The van der Waals surface area contributed by atoms with Gasteiger partial charge in [-0.2, -0.15) is 0 Å². The van der Waals surface area contributed by atoms with Gasteiger partial charge in [-0.3, -0.25) is 4.79 Å². The van der Waals surface area contributed by atoms with E-state index in [0.717, 1.165) is 26.1 Å². The van der Waals surface area contributed by atoms with Crippen LogP contribution < -0.4 is 0 Å². The number of Topliss-reactive ketones (excluding diaryl/α,β-unsaturated/α-hetero) is 1. The highest BCUT2D eigenvalue weighted by molar-refractivity contribution is 5.97. The normalized spacial score (nSPS) is 16.7. The second-order valence-electron chi connectivity index (χ2n) is 4.50. The van der Waals surface area contributed by atoms with E-state index >= 15 is 0 Å². The molecule has 1 saturated heterocycles. The number of rotatable bonds is 5. The number of benzene rings is 1. The smallest absolute Gasteiger partial charge is 0.188 e. The van der Waals surface area contributed by atoms with E-state index in [1.54, 1.807) is 6.07 Å². The molecule has 3 nitrogen and oxygen atoms in total. The van der Waals surface area contributed by atoms with Crippen molar-refractivity contribution in [2.75, 3.05) is 26.4 Å².